The second kappa shape index (κ2) is 5.48. The lowest BCUT2D eigenvalue weighted by atomic mass is 10.0. The lowest BCUT2D eigenvalue weighted by molar-refractivity contribution is 0.275. The SMILES string of the molecule is Cc1ccc(N2CCN(C)CC2C)c(/C(N)=N/O)c1. The molecule has 5 nitrogen and oxygen atoms in total. The number of nitrogens with zero attached hydrogens (tertiary/aromatic N) is 3. The number of hydrogen-bond acceptors (Lipinski definition) is 4. The number of hydrogen-bond donors (Lipinski definition) is 2. The minimum Gasteiger partial charge on any atom is -0.409 e. The Morgan fingerprint density at radius 3 is 2.79 bits per heavy atom. The van der Waals surface area contributed by atoms with Crippen molar-refractivity contribution in [2.75, 3.05) is 31.6 Å². The Bertz CT molecular complexity index is 486. The molecule has 0 aliphatic carbocycles. The Labute approximate surface area is 114 Å². The zero-order valence-electron chi connectivity index (χ0n) is 11.8. The van der Waals surface area contributed by atoms with Crippen LogP contribution < -0.4 is 10.6 Å². The van der Waals surface area contributed by atoms with Crippen LogP contribution in [-0.2, 0) is 0 Å². The van der Waals surface area contributed by atoms with Crippen molar-refractivity contribution < 1.29 is 5.21 Å². The summed E-state index contributed by atoms with van der Waals surface area (Å²) in [6.07, 6.45) is 0. The summed E-state index contributed by atoms with van der Waals surface area (Å²) in [5, 5.41) is 12.1. The van der Waals surface area contributed by atoms with Gasteiger partial charge in [-0.25, -0.2) is 0 Å². The van der Waals surface area contributed by atoms with Gasteiger partial charge in [0.1, 0.15) is 0 Å². The molecule has 1 unspecified atom stereocenters. The van der Waals surface area contributed by atoms with Gasteiger partial charge in [-0.1, -0.05) is 16.8 Å². The second-order valence-electron chi connectivity index (χ2n) is 5.31. The third kappa shape index (κ3) is 2.81. The molecule has 1 fully saturated rings. The summed E-state index contributed by atoms with van der Waals surface area (Å²) >= 11 is 0. The van der Waals surface area contributed by atoms with Gasteiger partial charge in [-0.05, 0) is 33.0 Å². The molecule has 0 radical (unpaired) electrons. The van der Waals surface area contributed by atoms with Gasteiger partial charge >= 0.3 is 0 Å². The summed E-state index contributed by atoms with van der Waals surface area (Å²) in [5.74, 6) is 0.171. The van der Waals surface area contributed by atoms with Gasteiger partial charge in [-0.3, -0.25) is 0 Å². The Morgan fingerprint density at radius 1 is 1.42 bits per heavy atom. The van der Waals surface area contributed by atoms with Gasteiger partial charge in [0.2, 0.25) is 0 Å². The van der Waals surface area contributed by atoms with E-state index in [9.17, 15) is 0 Å². The largest absolute Gasteiger partial charge is 0.409 e. The van der Waals surface area contributed by atoms with Crippen LogP contribution in [0.5, 0.6) is 0 Å². The van der Waals surface area contributed by atoms with Gasteiger partial charge in [-0.15, -0.1) is 0 Å². The smallest absolute Gasteiger partial charge is 0.172 e. The summed E-state index contributed by atoms with van der Waals surface area (Å²) in [6, 6.07) is 6.50. The standard InChI is InChI=1S/C14H22N4O/c1-10-4-5-13(12(8-10)14(15)16-19)18-7-6-17(3)9-11(18)2/h4-5,8,11,19H,6-7,9H2,1-3H3,(H2,15,16). The molecule has 0 amide bonds. The molecule has 1 aliphatic rings. The first-order valence-corrected chi connectivity index (χ1v) is 6.56. The van der Waals surface area contributed by atoms with E-state index in [0.717, 1.165) is 36.4 Å². The average molecular weight is 262 g/mol. The topological polar surface area (TPSA) is 65.1 Å². The molecular weight excluding hydrogens is 240 g/mol. The van der Waals surface area contributed by atoms with Crippen LogP contribution in [-0.4, -0.2) is 48.7 Å². The van der Waals surface area contributed by atoms with Gasteiger partial charge in [-0.2, -0.15) is 0 Å². The van der Waals surface area contributed by atoms with Crippen molar-refractivity contribution in [1.82, 2.24) is 4.90 Å². The lowest BCUT2D eigenvalue weighted by Gasteiger charge is -2.40. The van der Waals surface area contributed by atoms with E-state index in [1.54, 1.807) is 0 Å². The second-order valence-corrected chi connectivity index (χ2v) is 5.31. The number of amidine groups is 1. The predicted molar refractivity (Wildman–Crippen MR) is 78.0 cm³/mol. The van der Waals surface area contributed by atoms with Crippen LogP contribution in [0.4, 0.5) is 5.69 Å². The number of rotatable bonds is 2. The first-order chi connectivity index (χ1) is 9.02. The summed E-state index contributed by atoms with van der Waals surface area (Å²) in [6.45, 7) is 7.20. The van der Waals surface area contributed by atoms with Gasteiger partial charge in [0.15, 0.2) is 5.84 Å². The van der Waals surface area contributed by atoms with E-state index in [4.69, 9.17) is 10.9 Å². The third-order valence-corrected chi connectivity index (χ3v) is 3.68. The van der Waals surface area contributed by atoms with Gasteiger partial charge in [0.25, 0.3) is 0 Å². The predicted octanol–water partition coefficient (Wildman–Crippen LogP) is 1.23. The molecule has 1 aromatic carbocycles. The molecular formula is C14H22N4O. The van der Waals surface area contributed by atoms with Crippen LogP contribution in [0, 0.1) is 6.92 Å². The summed E-state index contributed by atoms with van der Waals surface area (Å²) < 4.78 is 0. The molecule has 1 aromatic rings. The fourth-order valence-electron chi connectivity index (χ4n) is 2.66. The zero-order valence-corrected chi connectivity index (χ0v) is 11.8. The number of oxime groups is 1. The van der Waals surface area contributed by atoms with E-state index in [1.165, 1.54) is 0 Å². The molecule has 1 atom stereocenters. The summed E-state index contributed by atoms with van der Waals surface area (Å²) in [4.78, 5) is 4.64. The highest BCUT2D eigenvalue weighted by Crippen LogP contribution is 2.25. The number of aryl methyl sites for hydroxylation is 1. The summed E-state index contributed by atoms with van der Waals surface area (Å²) in [5.41, 5.74) is 8.76. The minimum absolute atomic E-state index is 0.171. The molecule has 1 saturated heterocycles. The van der Waals surface area contributed by atoms with E-state index < -0.39 is 0 Å². The number of nitrogens with two attached hydrogens (primary N) is 1. The molecule has 0 spiro atoms. The number of likely N-dealkylation sites (N-methyl/N-ethyl adjacent to an activating group) is 1. The van der Waals surface area contributed by atoms with Crippen molar-refractivity contribution in [3.8, 4) is 0 Å². The van der Waals surface area contributed by atoms with Gasteiger partial charge in [0.05, 0.1) is 0 Å². The molecule has 19 heavy (non-hydrogen) atoms. The van der Waals surface area contributed by atoms with Crippen LogP contribution in [0.1, 0.15) is 18.1 Å². The van der Waals surface area contributed by atoms with Crippen molar-refractivity contribution in [2.45, 2.75) is 19.9 Å². The Morgan fingerprint density at radius 2 is 2.16 bits per heavy atom. The van der Waals surface area contributed by atoms with Crippen molar-refractivity contribution in [1.29, 1.82) is 0 Å². The molecule has 1 heterocycles. The maximum atomic E-state index is 8.95. The Kier molecular flexibility index (Phi) is 3.95. The van der Waals surface area contributed by atoms with Gasteiger partial charge in [0, 0.05) is 36.9 Å². The van der Waals surface area contributed by atoms with Crippen LogP contribution in [0.2, 0.25) is 0 Å². The summed E-state index contributed by atoms with van der Waals surface area (Å²) in [7, 11) is 2.13. The highest BCUT2D eigenvalue weighted by Gasteiger charge is 2.24. The van der Waals surface area contributed by atoms with Crippen molar-refractivity contribution in [3.63, 3.8) is 0 Å². The van der Waals surface area contributed by atoms with E-state index in [2.05, 4.69) is 41.1 Å². The first kappa shape index (κ1) is 13.7. The minimum atomic E-state index is 0.171. The molecule has 0 saturated carbocycles. The average Bonchev–Trinajstić information content (AvgIpc) is 2.38. The number of anilines is 1. The molecule has 0 aromatic heterocycles. The zero-order chi connectivity index (χ0) is 14.0. The van der Waals surface area contributed by atoms with E-state index in [0.29, 0.717) is 6.04 Å². The van der Waals surface area contributed by atoms with Crippen LogP contribution in [0.25, 0.3) is 0 Å². The quantitative estimate of drug-likeness (QED) is 0.364. The van der Waals surface area contributed by atoms with Gasteiger partial charge < -0.3 is 20.7 Å². The molecule has 104 valence electrons. The first-order valence-electron chi connectivity index (χ1n) is 6.56. The monoisotopic (exact) mass is 262 g/mol. The maximum Gasteiger partial charge on any atom is 0.172 e. The lowest BCUT2D eigenvalue weighted by Crippen LogP contribution is -2.51. The third-order valence-electron chi connectivity index (χ3n) is 3.68. The Balaban J connectivity index is 2.39. The van der Waals surface area contributed by atoms with Crippen LogP contribution >= 0.6 is 0 Å². The fourth-order valence-corrected chi connectivity index (χ4v) is 2.66. The van der Waals surface area contributed by atoms with Crippen molar-refractivity contribution >= 4 is 11.5 Å². The number of benzene rings is 1. The molecule has 3 N–H and O–H groups in total. The van der Waals surface area contributed by atoms with Crippen molar-refractivity contribution in [2.24, 2.45) is 10.9 Å². The van der Waals surface area contributed by atoms with Crippen LogP contribution in [0.3, 0.4) is 0 Å². The molecule has 5 heteroatoms. The highest BCUT2D eigenvalue weighted by atomic mass is 16.4. The normalized spacial score (nSPS) is 21.7. The highest BCUT2D eigenvalue weighted by molar-refractivity contribution is 6.02. The van der Waals surface area contributed by atoms with Crippen LogP contribution in [0.15, 0.2) is 23.4 Å². The van der Waals surface area contributed by atoms with E-state index in [-0.39, 0.29) is 5.84 Å². The van der Waals surface area contributed by atoms with Crippen molar-refractivity contribution in [3.05, 3.63) is 29.3 Å². The Hall–Kier alpha value is -1.75. The molecule has 0 bridgehead atoms. The molecule has 2 rings (SSSR count). The maximum absolute atomic E-state index is 8.95. The van der Waals surface area contributed by atoms with E-state index >= 15 is 0 Å². The van der Waals surface area contributed by atoms with E-state index in [1.807, 2.05) is 13.0 Å². The molecule has 1 aliphatic heterocycles. The fraction of sp³-hybridized carbons (Fsp3) is 0.500. The number of piperazine rings is 1.